The number of nitrogen functional groups attached to an aromatic ring is 1. The van der Waals surface area contributed by atoms with Gasteiger partial charge in [-0.05, 0) is 30.3 Å². The van der Waals surface area contributed by atoms with Gasteiger partial charge in [-0.2, -0.15) is 0 Å². The van der Waals surface area contributed by atoms with E-state index < -0.39 is 17.3 Å². The molecular weight excluding hydrogens is 324 g/mol. The maximum atomic E-state index is 13.6. The van der Waals surface area contributed by atoms with Gasteiger partial charge in [0.05, 0.1) is 15.6 Å². The zero-order valence-corrected chi connectivity index (χ0v) is 12.2. The number of carboxylic acid groups (broad SMARTS) is 1. The number of carbonyl (C=O) groups is 1. The molecule has 104 valence electrons. The summed E-state index contributed by atoms with van der Waals surface area (Å²) in [6.07, 6.45) is 0. The van der Waals surface area contributed by atoms with Gasteiger partial charge in [0.1, 0.15) is 5.82 Å². The number of carboxylic acids is 1. The number of rotatable bonds is 3. The minimum atomic E-state index is -1.36. The van der Waals surface area contributed by atoms with Crippen molar-refractivity contribution in [1.82, 2.24) is 0 Å². The minimum absolute atomic E-state index is 0.180. The molecule has 3 nitrogen and oxygen atoms in total. The van der Waals surface area contributed by atoms with Gasteiger partial charge in [0, 0.05) is 15.5 Å². The maximum absolute atomic E-state index is 13.6. The summed E-state index contributed by atoms with van der Waals surface area (Å²) in [4.78, 5) is 11.9. The van der Waals surface area contributed by atoms with Crippen LogP contribution in [0.2, 0.25) is 10.0 Å². The molecule has 0 radical (unpaired) electrons. The second-order valence-corrected chi connectivity index (χ2v) is 5.78. The van der Waals surface area contributed by atoms with Crippen molar-refractivity contribution < 1.29 is 14.3 Å². The third kappa shape index (κ3) is 3.17. The standard InChI is InChI=1S/C13H8Cl2FNO2S/c14-8-2-1-6(3-9(8)15)20-12-5-10(16)7(13(18)19)4-11(12)17/h1-5H,17H2,(H,18,19). The van der Waals surface area contributed by atoms with E-state index in [1.165, 1.54) is 11.8 Å². The Morgan fingerprint density at radius 3 is 2.50 bits per heavy atom. The lowest BCUT2D eigenvalue weighted by atomic mass is 10.2. The Bertz CT molecular complexity index is 694. The van der Waals surface area contributed by atoms with Gasteiger partial charge in [-0.15, -0.1) is 0 Å². The molecule has 2 rings (SSSR count). The first-order valence-corrected chi connectivity index (χ1v) is 6.91. The van der Waals surface area contributed by atoms with Crippen molar-refractivity contribution in [2.75, 3.05) is 5.73 Å². The fraction of sp³-hybridized carbons (Fsp3) is 0. The number of aromatic carboxylic acids is 1. The smallest absolute Gasteiger partial charge is 0.338 e. The van der Waals surface area contributed by atoms with Gasteiger partial charge in [-0.1, -0.05) is 35.0 Å². The molecule has 0 atom stereocenters. The average molecular weight is 332 g/mol. The molecule has 0 amide bonds. The predicted molar refractivity (Wildman–Crippen MR) is 78.4 cm³/mol. The summed E-state index contributed by atoms with van der Waals surface area (Å²) in [5, 5.41) is 9.59. The predicted octanol–water partition coefficient (Wildman–Crippen LogP) is 4.56. The topological polar surface area (TPSA) is 63.3 Å². The van der Waals surface area contributed by atoms with Crippen molar-refractivity contribution in [2.24, 2.45) is 0 Å². The summed E-state index contributed by atoms with van der Waals surface area (Å²) in [7, 11) is 0. The summed E-state index contributed by atoms with van der Waals surface area (Å²) in [6.45, 7) is 0. The summed E-state index contributed by atoms with van der Waals surface area (Å²) < 4.78 is 13.6. The molecule has 0 saturated heterocycles. The van der Waals surface area contributed by atoms with Crippen molar-refractivity contribution >= 4 is 46.6 Å². The van der Waals surface area contributed by atoms with Crippen LogP contribution in [-0.2, 0) is 0 Å². The third-order valence-electron chi connectivity index (χ3n) is 2.45. The SMILES string of the molecule is Nc1cc(C(=O)O)c(F)cc1Sc1ccc(Cl)c(Cl)c1. The molecule has 0 spiro atoms. The number of nitrogens with two attached hydrogens (primary N) is 1. The summed E-state index contributed by atoms with van der Waals surface area (Å²) in [6, 6.07) is 7.13. The van der Waals surface area contributed by atoms with E-state index in [1.54, 1.807) is 18.2 Å². The Labute approximate surface area is 128 Å². The Morgan fingerprint density at radius 2 is 1.90 bits per heavy atom. The fourth-order valence-electron chi connectivity index (χ4n) is 1.49. The molecule has 0 unspecified atom stereocenters. The van der Waals surface area contributed by atoms with Crippen LogP contribution in [0.1, 0.15) is 10.4 Å². The van der Waals surface area contributed by atoms with Crippen LogP contribution in [0.4, 0.5) is 10.1 Å². The highest BCUT2D eigenvalue weighted by molar-refractivity contribution is 7.99. The van der Waals surface area contributed by atoms with Crippen LogP contribution < -0.4 is 5.73 Å². The van der Waals surface area contributed by atoms with E-state index in [-0.39, 0.29) is 5.69 Å². The van der Waals surface area contributed by atoms with Crippen molar-refractivity contribution in [2.45, 2.75) is 9.79 Å². The second-order valence-electron chi connectivity index (χ2n) is 3.85. The van der Waals surface area contributed by atoms with Gasteiger partial charge in [0.15, 0.2) is 0 Å². The molecule has 0 heterocycles. The van der Waals surface area contributed by atoms with Gasteiger partial charge in [0.2, 0.25) is 0 Å². The lowest BCUT2D eigenvalue weighted by Gasteiger charge is -2.08. The second kappa shape index (κ2) is 5.91. The molecule has 7 heteroatoms. The van der Waals surface area contributed by atoms with Crippen LogP contribution in [0.3, 0.4) is 0 Å². The van der Waals surface area contributed by atoms with Gasteiger partial charge < -0.3 is 10.8 Å². The van der Waals surface area contributed by atoms with Gasteiger partial charge in [-0.3, -0.25) is 0 Å². The van der Waals surface area contributed by atoms with Crippen LogP contribution in [0.5, 0.6) is 0 Å². The highest BCUT2D eigenvalue weighted by Gasteiger charge is 2.14. The number of benzene rings is 2. The van der Waals surface area contributed by atoms with Gasteiger partial charge >= 0.3 is 5.97 Å². The van der Waals surface area contributed by atoms with Gasteiger partial charge in [-0.25, -0.2) is 9.18 Å². The quantitative estimate of drug-likeness (QED) is 0.809. The van der Waals surface area contributed by atoms with Crippen molar-refractivity contribution in [3.8, 4) is 0 Å². The normalized spacial score (nSPS) is 10.6. The number of anilines is 1. The third-order valence-corrected chi connectivity index (χ3v) is 4.25. The zero-order valence-electron chi connectivity index (χ0n) is 9.86. The number of halogens is 3. The molecule has 0 aliphatic rings. The van der Waals surface area contributed by atoms with E-state index in [2.05, 4.69) is 0 Å². The van der Waals surface area contributed by atoms with E-state index in [0.717, 1.165) is 12.1 Å². The Morgan fingerprint density at radius 1 is 1.20 bits per heavy atom. The molecule has 0 bridgehead atoms. The largest absolute Gasteiger partial charge is 0.478 e. The first-order chi connectivity index (χ1) is 9.38. The van der Waals surface area contributed by atoms with E-state index in [4.69, 9.17) is 34.0 Å². The molecule has 3 N–H and O–H groups in total. The number of hydrogen-bond acceptors (Lipinski definition) is 3. The van der Waals surface area contributed by atoms with E-state index in [1.807, 2.05) is 0 Å². The fourth-order valence-corrected chi connectivity index (χ4v) is 2.76. The molecule has 0 aromatic heterocycles. The molecule has 0 aliphatic heterocycles. The van der Waals surface area contributed by atoms with E-state index in [0.29, 0.717) is 19.8 Å². The average Bonchev–Trinajstić information content (AvgIpc) is 2.37. The number of hydrogen-bond donors (Lipinski definition) is 2. The van der Waals surface area contributed by atoms with Crippen molar-refractivity contribution in [3.05, 3.63) is 51.8 Å². The van der Waals surface area contributed by atoms with Crippen LogP contribution in [0.15, 0.2) is 40.1 Å². The first kappa shape index (κ1) is 15.0. The van der Waals surface area contributed by atoms with Gasteiger partial charge in [0.25, 0.3) is 0 Å². The highest BCUT2D eigenvalue weighted by Crippen LogP contribution is 2.36. The van der Waals surface area contributed by atoms with Crippen LogP contribution in [0.25, 0.3) is 0 Å². The summed E-state index contributed by atoms with van der Waals surface area (Å²) in [5.74, 6) is -2.20. The Balaban J connectivity index is 2.36. The van der Waals surface area contributed by atoms with Crippen LogP contribution in [0, 0.1) is 5.82 Å². The summed E-state index contributed by atoms with van der Waals surface area (Å²) in [5.41, 5.74) is 5.46. The summed E-state index contributed by atoms with van der Waals surface area (Å²) >= 11 is 12.9. The van der Waals surface area contributed by atoms with Crippen molar-refractivity contribution in [3.63, 3.8) is 0 Å². The minimum Gasteiger partial charge on any atom is -0.478 e. The monoisotopic (exact) mass is 331 g/mol. The molecule has 20 heavy (non-hydrogen) atoms. The molecule has 0 aliphatic carbocycles. The molecular formula is C13H8Cl2FNO2S. The Hall–Kier alpha value is -1.43. The molecule has 2 aromatic carbocycles. The Kier molecular flexibility index (Phi) is 4.42. The van der Waals surface area contributed by atoms with E-state index >= 15 is 0 Å². The zero-order chi connectivity index (χ0) is 14.9. The highest BCUT2D eigenvalue weighted by atomic mass is 35.5. The van der Waals surface area contributed by atoms with Crippen LogP contribution in [-0.4, -0.2) is 11.1 Å². The first-order valence-electron chi connectivity index (χ1n) is 5.33. The lowest BCUT2D eigenvalue weighted by molar-refractivity contribution is 0.0692. The molecule has 2 aromatic rings. The van der Waals surface area contributed by atoms with E-state index in [9.17, 15) is 9.18 Å². The van der Waals surface area contributed by atoms with Crippen LogP contribution >= 0.6 is 35.0 Å². The molecule has 0 saturated carbocycles. The van der Waals surface area contributed by atoms with Crippen molar-refractivity contribution in [1.29, 1.82) is 0 Å². The lowest BCUT2D eigenvalue weighted by Crippen LogP contribution is -2.03. The molecule has 0 fully saturated rings. The maximum Gasteiger partial charge on any atom is 0.338 e.